The highest BCUT2D eigenvalue weighted by atomic mass is 16.2. The van der Waals surface area contributed by atoms with Gasteiger partial charge in [0.25, 0.3) is 0 Å². The normalized spacial score (nSPS) is 36.7. The van der Waals surface area contributed by atoms with Crippen LogP contribution in [-0.2, 0) is 9.59 Å². The molecule has 0 bridgehead atoms. The maximum Gasteiger partial charge on any atom is 0.248 e. The van der Waals surface area contributed by atoms with E-state index < -0.39 is 5.54 Å². The van der Waals surface area contributed by atoms with Crippen molar-refractivity contribution in [3.05, 3.63) is 0 Å². The molecule has 5 heteroatoms. The first-order valence-electron chi connectivity index (χ1n) is 7.69. The van der Waals surface area contributed by atoms with Crippen molar-refractivity contribution in [3.63, 3.8) is 0 Å². The molecule has 0 radical (unpaired) electrons. The highest BCUT2D eigenvalue weighted by molar-refractivity contribution is 5.93. The smallest absolute Gasteiger partial charge is 0.248 e. The molecule has 2 saturated heterocycles. The molecule has 0 aliphatic carbocycles. The quantitative estimate of drug-likeness (QED) is 0.821. The predicted octanol–water partition coefficient (Wildman–Crippen LogP) is 0.986. The number of rotatable bonds is 2. The lowest BCUT2D eigenvalue weighted by molar-refractivity contribution is -0.141. The van der Waals surface area contributed by atoms with Gasteiger partial charge in [-0.3, -0.25) is 9.59 Å². The summed E-state index contributed by atoms with van der Waals surface area (Å²) < 4.78 is 0. The number of likely N-dealkylation sites (tertiary alicyclic amines) is 1. The third-order valence-corrected chi connectivity index (χ3v) is 5.06. The number of carbonyl (C=O) groups is 2. The summed E-state index contributed by atoms with van der Waals surface area (Å²) in [7, 11) is 2.13. The minimum atomic E-state index is -0.736. The summed E-state index contributed by atoms with van der Waals surface area (Å²) in [6.07, 6.45) is 3.05. The van der Waals surface area contributed by atoms with Crippen LogP contribution in [0.1, 0.15) is 46.5 Å². The molecule has 0 saturated carbocycles. The third kappa shape index (κ3) is 2.82. The van der Waals surface area contributed by atoms with E-state index >= 15 is 0 Å². The first kappa shape index (κ1) is 15.3. The number of nitrogens with zero attached hydrogens (tertiary/aromatic N) is 2. The van der Waals surface area contributed by atoms with Crippen LogP contribution in [0.4, 0.5) is 0 Å². The van der Waals surface area contributed by atoms with E-state index in [9.17, 15) is 9.59 Å². The maximum absolute atomic E-state index is 12.8. The fourth-order valence-electron chi connectivity index (χ4n) is 3.20. The Labute approximate surface area is 121 Å². The topological polar surface area (TPSA) is 52.7 Å². The highest BCUT2D eigenvalue weighted by Gasteiger charge is 2.42. The number of nitrogens with one attached hydrogen (secondary N) is 1. The average molecular weight is 281 g/mol. The van der Waals surface area contributed by atoms with E-state index in [0.29, 0.717) is 25.4 Å². The lowest BCUT2D eigenvalue weighted by atomic mass is 9.93. The lowest BCUT2D eigenvalue weighted by Gasteiger charge is -2.42. The highest BCUT2D eigenvalue weighted by Crippen LogP contribution is 2.26. The van der Waals surface area contributed by atoms with E-state index in [-0.39, 0.29) is 17.9 Å². The fraction of sp³-hybridized carbons (Fsp3) is 0.867. The summed E-state index contributed by atoms with van der Waals surface area (Å²) in [6.45, 7) is 7.58. The van der Waals surface area contributed by atoms with Crippen molar-refractivity contribution in [2.24, 2.45) is 0 Å². The van der Waals surface area contributed by atoms with Crippen LogP contribution >= 0.6 is 0 Å². The molecule has 1 N–H and O–H groups in total. The Morgan fingerprint density at radius 3 is 2.65 bits per heavy atom. The first-order chi connectivity index (χ1) is 9.37. The van der Waals surface area contributed by atoms with Crippen molar-refractivity contribution in [2.45, 2.75) is 64.1 Å². The van der Waals surface area contributed by atoms with E-state index in [1.54, 1.807) is 0 Å². The number of hydrogen-bond donors (Lipinski definition) is 1. The number of amides is 2. The molecule has 2 rings (SSSR count). The predicted molar refractivity (Wildman–Crippen MR) is 78.3 cm³/mol. The molecular weight excluding hydrogens is 254 g/mol. The van der Waals surface area contributed by atoms with Crippen LogP contribution in [0.5, 0.6) is 0 Å². The maximum atomic E-state index is 12.8. The van der Waals surface area contributed by atoms with Crippen LogP contribution in [0.25, 0.3) is 0 Å². The van der Waals surface area contributed by atoms with Gasteiger partial charge in [0.15, 0.2) is 0 Å². The molecule has 20 heavy (non-hydrogen) atoms. The van der Waals surface area contributed by atoms with E-state index in [0.717, 1.165) is 19.4 Å². The van der Waals surface area contributed by atoms with Crippen molar-refractivity contribution in [2.75, 3.05) is 20.1 Å². The van der Waals surface area contributed by atoms with E-state index in [1.807, 2.05) is 18.7 Å². The summed E-state index contributed by atoms with van der Waals surface area (Å²) in [5.74, 6) is 0.0822. The van der Waals surface area contributed by atoms with Gasteiger partial charge >= 0.3 is 0 Å². The molecule has 2 heterocycles. The zero-order valence-corrected chi connectivity index (χ0v) is 13.1. The van der Waals surface area contributed by atoms with Gasteiger partial charge < -0.3 is 15.1 Å². The van der Waals surface area contributed by atoms with E-state index in [2.05, 4.69) is 24.2 Å². The van der Waals surface area contributed by atoms with Crippen molar-refractivity contribution in [1.82, 2.24) is 15.1 Å². The van der Waals surface area contributed by atoms with Gasteiger partial charge in [-0.05, 0) is 40.2 Å². The molecule has 2 aliphatic heterocycles. The Bertz CT molecular complexity index is 399. The summed E-state index contributed by atoms with van der Waals surface area (Å²) in [5, 5.41) is 2.90. The monoisotopic (exact) mass is 281 g/mol. The SMILES string of the molecule is CCC1(C)NC(=O)CCN(C2CCN(C)C(C)C2)C1=O. The molecule has 0 aromatic rings. The van der Waals surface area contributed by atoms with Gasteiger partial charge in [0.1, 0.15) is 5.54 Å². The number of hydrogen-bond acceptors (Lipinski definition) is 3. The average Bonchev–Trinajstić information content (AvgIpc) is 2.52. The summed E-state index contributed by atoms with van der Waals surface area (Å²) in [4.78, 5) is 29.0. The molecular formula is C15H27N3O2. The molecule has 2 fully saturated rings. The van der Waals surface area contributed by atoms with Gasteiger partial charge in [-0.25, -0.2) is 0 Å². The Kier molecular flexibility index (Phi) is 4.37. The fourth-order valence-corrected chi connectivity index (χ4v) is 3.20. The second-order valence-electron chi connectivity index (χ2n) is 6.49. The van der Waals surface area contributed by atoms with E-state index in [1.165, 1.54) is 0 Å². The largest absolute Gasteiger partial charge is 0.342 e. The van der Waals surface area contributed by atoms with Gasteiger partial charge in [0, 0.05) is 31.6 Å². The summed E-state index contributed by atoms with van der Waals surface area (Å²) in [5.41, 5.74) is -0.736. The van der Waals surface area contributed by atoms with Crippen LogP contribution in [0, 0.1) is 0 Å². The standard InChI is InChI=1S/C15H27N3O2/c1-5-15(3)14(20)18(9-7-13(19)16-15)12-6-8-17(4)11(2)10-12/h11-12H,5-10H2,1-4H3,(H,16,19). The second kappa shape index (κ2) is 5.72. The molecule has 5 nitrogen and oxygen atoms in total. The van der Waals surface area contributed by atoms with Gasteiger partial charge in [0.2, 0.25) is 11.8 Å². The van der Waals surface area contributed by atoms with Gasteiger partial charge in [0.05, 0.1) is 0 Å². The first-order valence-corrected chi connectivity index (χ1v) is 7.69. The van der Waals surface area contributed by atoms with Crippen LogP contribution in [-0.4, -0.2) is 59.4 Å². The van der Waals surface area contributed by atoms with Crippen LogP contribution in [0.15, 0.2) is 0 Å². The zero-order chi connectivity index (χ0) is 14.9. The van der Waals surface area contributed by atoms with Crippen LogP contribution in [0.3, 0.4) is 0 Å². The van der Waals surface area contributed by atoms with Gasteiger partial charge in [-0.2, -0.15) is 0 Å². The molecule has 3 atom stereocenters. The second-order valence-corrected chi connectivity index (χ2v) is 6.49. The Hall–Kier alpha value is -1.10. The van der Waals surface area contributed by atoms with Crippen molar-refractivity contribution < 1.29 is 9.59 Å². The number of piperidine rings is 1. The van der Waals surface area contributed by atoms with E-state index in [4.69, 9.17) is 0 Å². The molecule has 0 spiro atoms. The summed E-state index contributed by atoms with van der Waals surface area (Å²) in [6, 6.07) is 0.758. The Morgan fingerprint density at radius 2 is 2.05 bits per heavy atom. The van der Waals surface area contributed by atoms with Gasteiger partial charge in [-0.1, -0.05) is 6.92 Å². The van der Waals surface area contributed by atoms with Crippen molar-refractivity contribution >= 4 is 11.8 Å². The molecule has 0 aromatic carbocycles. The minimum absolute atomic E-state index is 0.00817. The molecule has 2 amide bonds. The van der Waals surface area contributed by atoms with Crippen LogP contribution in [0.2, 0.25) is 0 Å². The van der Waals surface area contributed by atoms with Crippen molar-refractivity contribution in [3.8, 4) is 0 Å². The molecule has 114 valence electrons. The molecule has 0 aromatic heterocycles. The Morgan fingerprint density at radius 1 is 1.35 bits per heavy atom. The minimum Gasteiger partial charge on any atom is -0.342 e. The lowest BCUT2D eigenvalue weighted by Crippen LogP contribution is -2.58. The molecule has 3 unspecified atom stereocenters. The molecule has 2 aliphatic rings. The van der Waals surface area contributed by atoms with Crippen molar-refractivity contribution in [1.29, 1.82) is 0 Å². The van der Waals surface area contributed by atoms with Gasteiger partial charge in [-0.15, -0.1) is 0 Å². The Balaban J connectivity index is 2.17. The number of carbonyl (C=O) groups excluding carboxylic acids is 2. The zero-order valence-electron chi connectivity index (χ0n) is 13.1. The summed E-state index contributed by atoms with van der Waals surface area (Å²) >= 11 is 0. The third-order valence-electron chi connectivity index (χ3n) is 5.06. The van der Waals surface area contributed by atoms with Crippen LogP contribution < -0.4 is 5.32 Å².